The SMILES string of the molecule is O=C([O-])c1ccc(-c2ccc(Br)cc2Cl)o1. The van der Waals surface area contributed by atoms with Gasteiger partial charge < -0.3 is 14.3 Å². The first-order valence-electron chi connectivity index (χ1n) is 4.34. The molecule has 1 aromatic carbocycles. The average molecular weight is 301 g/mol. The van der Waals surface area contributed by atoms with Crippen molar-refractivity contribution in [1.29, 1.82) is 0 Å². The van der Waals surface area contributed by atoms with Gasteiger partial charge in [0.05, 0.1) is 5.02 Å². The van der Waals surface area contributed by atoms with E-state index in [1.165, 1.54) is 6.07 Å². The maximum Gasteiger partial charge on any atom is 0.150 e. The third-order valence-corrected chi connectivity index (χ3v) is 2.81. The largest absolute Gasteiger partial charge is 0.542 e. The van der Waals surface area contributed by atoms with E-state index in [2.05, 4.69) is 15.9 Å². The fraction of sp³-hybridized carbons (Fsp3) is 0. The number of carbonyl (C=O) groups excluding carboxylic acids is 1. The van der Waals surface area contributed by atoms with Crippen LogP contribution in [0.2, 0.25) is 5.02 Å². The minimum atomic E-state index is -1.35. The molecule has 82 valence electrons. The lowest BCUT2D eigenvalue weighted by molar-refractivity contribution is -0.257. The van der Waals surface area contributed by atoms with Crippen LogP contribution in [0.5, 0.6) is 0 Å². The molecule has 0 fully saturated rings. The first-order valence-corrected chi connectivity index (χ1v) is 5.51. The second-order valence-electron chi connectivity index (χ2n) is 3.08. The number of carbonyl (C=O) groups is 1. The smallest absolute Gasteiger partial charge is 0.150 e. The van der Waals surface area contributed by atoms with Gasteiger partial charge in [0.2, 0.25) is 0 Å². The van der Waals surface area contributed by atoms with Gasteiger partial charge in [0.15, 0.2) is 0 Å². The van der Waals surface area contributed by atoms with Crippen LogP contribution in [-0.2, 0) is 0 Å². The summed E-state index contributed by atoms with van der Waals surface area (Å²) in [5.74, 6) is -1.16. The fourth-order valence-electron chi connectivity index (χ4n) is 1.28. The minimum Gasteiger partial charge on any atom is -0.542 e. The summed E-state index contributed by atoms with van der Waals surface area (Å²) in [5, 5.41) is 11.0. The highest BCUT2D eigenvalue weighted by Crippen LogP contribution is 2.31. The van der Waals surface area contributed by atoms with Gasteiger partial charge in [-0.3, -0.25) is 0 Å². The Bertz CT molecular complexity index is 548. The fourth-order valence-corrected chi connectivity index (χ4v) is 2.05. The molecule has 0 unspecified atom stereocenters. The highest BCUT2D eigenvalue weighted by molar-refractivity contribution is 9.10. The van der Waals surface area contributed by atoms with Crippen molar-refractivity contribution in [3.05, 3.63) is 45.6 Å². The van der Waals surface area contributed by atoms with Gasteiger partial charge in [-0.15, -0.1) is 0 Å². The Morgan fingerprint density at radius 3 is 2.62 bits per heavy atom. The van der Waals surface area contributed by atoms with Crippen LogP contribution in [0.1, 0.15) is 10.6 Å². The van der Waals surface area contributed by atoms with E-state index >= 15 is 0 Å². The zero-order valence-electron chi connectivity index (χ0n) is 7.87. The summed E-state index contributed by atoms with van der Waals surface area (Å²) in [6.45, 7) is 0. The highest BCUT2D eigenvalue weighted by atomic mass is 79.9. The molecular formula is C11H5BrClO3-. The second kappa shape index (κ2) is 4.31. The summed E-state index contributed by atoms with van der Waals surface area (Å²) in [6, 6.07) is 8.12. The molecule has 2 rings (SSSR count). The number of aromatic carboxylic acids is 1. The molecule has 16 heavy (non-hydrogen) atoms. The van der Waals surface area contributed by atoms with Gasteiger partial charge in [-0.2, -0.15) is 0 Å². The number of hydrogen-bond donors (Lipinski definition) is 0. The lowest BCUT2D eigenvalue weighted by Crippen LogP contribution is -2.21. The lowest BCUT2D eigenvalue weighted by atomic mass is 10.2. The van der Waals surface area contributed by atoms with Crippen molar-refractivity contribution >= 4 is 33.5 Å². The van der Waals surface area contributed by atoms with Crippen LogP contribution in [0.25, 0.3) is 11.3 Å². The van der Waals surface area contributed by atoms with E-state index in [1.54, 1.807) is 24.3 Å². The summed E-state index contributed by atoms with van der Waals surface area (Å²) >= 11 is 9.28. The number of hydrogen-bond acceptors (Lipinski definition) is 3. The summed E-state index contributed by atoms with van der Waals surface area (Å²) in [6.07, 6.45) is 0. The van der Waals surface area contributed by atoms with E-state index in [-0.39, 0.29) is 5.76 Å². The molecule has 0 spiro atoms. The second-order valence-corrected chi connectivity index (χ2v) is 4.40. The van der Waals surface area contributed by atoms with Crippen LogP contribution in [0.15, 0.2) is 39.2 Å². The Morgan fingerprint density at radius 1 is 1.31 bits per heavy atom. The topological polar surface area (TPSA) is 53.3 Å². The Morgan fingerprint density at radius 2 is 2.06 bits per heavy atom. The molecule has 0 amide bonds. The molecule has 0 saturated heterocycles. The maximum absolute atomic E-state index is 10.5. The van der Waals surface area contributed by atoms with Crippen LogP contribution in [0, 0.1) is 0 Å². The summed E-state index contributed by atoms with van der Waals surface area (Å²) in [7, 11) is 0. The number of rotatable bonds is 2. The first kappa shape index (κ1) is 11.2. The number of benzene rings is 1. The zero-order valence-corrected chi connectivity index (χ0v) is 10.2. The van der Waals surface area contributed by atoms with Gasteiger partial charge in [-0.25, -0.2) is 0 Å². The maximum atomic E-state index is 10.5. The van der Waals surface area contributed by atoms with Crippen molar-refractivity contribution in [3.63, 3.8) is 0 Å². The van der Waals surface area contributed by atoms with E-state index in [0.29, 0.717) is 16.3 Å². The van der Waals surface area contributed by atoms with E-state index in [9.17, 15) is 9.90 Å². The molecule has 1 aromatic heterocycles. The highest BCUT2D eigenvalue weighted by Gasteiger charge is 2.09. The van der Waals surface area contributed by atoms with E-state index in [0.717, 1.165) is 4.47 Å². The van der Waals surface area contributed by atoms with Crippen molar-refractivity contribution in [1.82, 2.24) is 0 Å². The van der Waals surface area contributed by atoms with Crippen molar-refractivity contribution in [2.75, 3.05) is 0 Å². The van der Waals surface area contributed by atoms with Crippen LogP contribution in [0.4, 0.5) is 0 Å². The van der Waals surface area contributed by atoms with Crippen LogP contribution in [0.3, 0.4) is 0 Å². The monoisotopic (exact) mass is 299 g/mol. The Labute approximate surface area is 105 Å². The average Bonchev–Trinajstić information content (AvgIpc) is 2.66. The predicted molar refractivity (Wildman–Crippen MR) is 61.2 cm³/mol. The van der Waals surface area contributed by atoms with E-state index < -0.39 is 5.97 Å². The third kappa shape index (κ3) is 2.13. The summed E-state index contributed by atoms with van der Waals surface area (Å²) < 4.78 is 5.93. The molecule has 1 heterocycles. The van der Waals surface area contributed by atoms with E-state index in [4.69, 9.17) is 16.0 Å². The van der Waals surface area contributed by atoms with Crippen molar-refractivity contribution in [2.45, 2.75) is 0 Å². The van der Waals surface area contributed by atoms with Crippen LogP contribution >= 0.6 is 27.5 Å². The van der Waals surface area contributed by atoms with Crippen LogP contribution < -0.4 is 5.11 Å². The quantitative estimate of drug-likeness (QED) is 0.857. The van der Waals surface area contributed by atoms with Gasteiger partial charge in [-0.05, 0) is 30.3 Å². The molecule has 5 heteroatoms. The van der Waals surface area contributed by atoms with Gasteiger partial charge in [0, 0.05) is 10.0 Å². The molecule has 0 bridgehead atoms. The van der Waals surface area contributed by atoms with Crippen molar-refractivity contribution in [3.8, 4) is 11.3 Å². The minimum absolute atomic E-state index is 0.214. The van der Waals surface area contributed by atoms with Crippen LogP contribution in [-0.4, -0.2) is 5.97 Å². The lowest BCUT2D eigenvalue weighted by Gasteiger charge is -2.01. The van der Waals surface area contributed by atoms with Crippen molar-refractivity contribution in [2.24, 2.45) is 0 Å². The molecule has 2 aromatic rings. The molecular weight excluding hydrogens is 295 g/mol. The number of furan rings is 1. The number of carboxylic acids is 1. The molecule has 0 N–H and O–H groups in total. The van der Waals surface area contributed by atoms with Gasteiger partial charge >= 0.3 is 0 Å². The standard InChI is InChI=1S/C11H6BrClO3/c12-6-1-2-7(8(13)5-6)9-3-4-10(16-9)11(14)15/h1-5H,(H,14,15)/p-1. The van der Waals surface area contributed by atoms with E-state index in [1.807, 2.05) is 0 Å². The Balaban J connectivity index is 2.46. The number of carboxylic acid groups (broad SMARTS) is 1. The molecule has 0 aliphatic heterocycles. The van der Waals surface area contributed by atoms with Gasteiger partial charge in [0.25, 0.3) is 0 Å². The third-order valence-electron chi connectivity index (χ3n) is 2.00. The first-order chi connectivity index (χ1) is 7.58. The molecule has 0 aliphatic carbocycles. The summed E-state index contributed by atoms with van der Waals surface area (Å²) in [5.41, 5.74) is 0.636. The predicted octanol–water partition coefficient (Wildman–Crippen LogP) is 2.73. The molecule has 0 aliphatic rings. The molecule has 0 radical (unpaired) electrons. The molecule has 0 atom stereocenters. The summed E-state index contributed by atoms with van der Waals surface area (Å²) in [4.78, 5) is 10.5. The normalized spacial score (nSPS) is 10.4. The zero-order chi connectivity index (χ0) is 11.7. The Kier molecular flexibility index (Phi) is 3.03. The molecule has 0 saturated carbocycles. The van der Waals surface area contributed by atoms with Gasteiger partial charge in [-0.1, -0.05) is 27.5 Å². The molecule has 3 nitrogen and oxygen atoms in total. The number of halogens is 2. The Hall–Kier alpha value is -1.26. The van der Waals surface area contributed by atoms with Crippen molar-refractivity contribution < 1.29 is 14.3 Å². The van der Waals surface area contributed by atoms with Gasteiger partial charge in [0.1, 0.15) is 17.5 Å².